The molecule has 1 unspecified atom stereocenters. The van der Waals surface area contributed by atoms with Crippen molar-refractivity contribution in [2.75, 3.05) is 13.4 Å². The van der Waals surface area contributed by atoms with Crippen LogP contribution in [0.3, 0.4) is 0 Å². The summed E-state index contributed by atoms with van der Waals surface area (Å²) in [4.78, 5) is 31.9. The van der Waals surface area contributed by atoms with Gasteiger partial charge in [0, 0.05) is 0 Å². The van der Waals surface area contributed by atoms with Crippen LogP contribution in [0.5, 0.6) is 11.5 Å². The summed E-state index contributed by atoms with van der Waals surface area (Å²) in [5.74, 6) is 1.15. The molecule has 180 valence electrons. The van der Waals surface area contributed by atoms with E-state index in [2.05, 4.69) is 31.0 Å². The second kappa shape index (κ2) is 9.19. The SMILES string of the molecule is CCOC(=O)C1=C(C)N=c2s/c(=C\c3ccc(C(C)C)cc3)c(=O)n2C1c1ccc2c(c1)OCO2. The molecule has 0 aliphatic carbocycles. The van der Waals surface area contributed by atoms with Crippen molar-refractivity contribution >= 4 is 23.4 Å². The number of hydrogen-bond donors (Lipinski definition) is 0. The number of carbonyl (C=O) groups excluding carboxylic acids is 1. The van der Waals surface area contributed by atoms with Gasteiger partial charge in [-0.3, -0.25) is 9.36 Å². The number of ether oxygens (including phenoxy) is 3. The Balaban J connectivity index is 1.68. The average Bonchev–Trinajstić information content (AvgIpc) is 3.42. The van der Waals surface area contributed by atoms with E-state index in [1.165, 1.54) is 16.9 Å². The number of nitrogens with zero attached hydrogens (tertiary/aromatic N) is 2. The maximum absolute atomic E-state index is 13.7. The third kappa shape index (κ3) is 4.18. The third-order valence-electron chi connectivity index (χ3n) is 6.13. The molecule has 7 nitrogen and oxygen atoms in total. The van der Waals surface area contributed by atoms with Crippen LogP contribution in [0.4, 0.5) is 0 Å². The van der Waals surface area contributed by atoms with Crippen LogP contribution < -0.4 is 24.4 Å². The summed E-state index contributed by atoms with van der Waals surface area (Å²) in [6, 6.07) is 12.9. The van der Waals surface area contributed by atoms with Gasteiger partial charge in [-0.25, -0.2) is 9.79 Å². The fourth-order valence-electron chi connectivity index (χ4n) is 4.32. The zero-order valence-electron chi connectivity index (χ0n) is 20.0. The highest BCUT2D eigenvalue weighted by atomic mass is 32.1. The fraction of sp³-hybridized carbons (Fsp3) is 0.296. The molecule has 1 aromatic heterocycles. The van der Waals surface area contributed by atoms with E-state index in [1.807, 2.05) is 30.3 Å². The predicted molar refractivity (Wildman–Crippen MR) is 133 cm³/mol. The molecular weight excluding hydrogens is 464 g/mol. The molecule has 2 aromatic carbocycles. The second-order valence-corrected chi connectivity index (χ2v) is 9.75. The Hall–Kier alpha value is -3.65. The molecule has 2 aliphatic rings. The van der Waals surface area contributed by atoms with E-state index in [0.29, 0.717) is 38.0 Å². The van der Waals surface area contributed by atoms with Crippen LogP contribution in [0.2, 0.25) is 0 Å². The van der Waals surface area contributed by atoms with Crippen molar-refractivity contribution in [2.24, 2.45) is 4.99 Å². The zero-order chi connectivity index (χ0) is 24.7. The van der Waals surface area contributed by atoms with Crippen LogP contribution in [0.25, 0.3) is 6.08 Å². The van der Waals surface area contributed by atoms with Crippen LogP contribution in [0.15, 0.2) is 63.5 Å². The lowest BCUT2D eigenvalue weighted by atomic mass is 9.95. The Morgan fingerprint density at radius 1 is 1.20 bits per heavy atom. The summed E-state index contributed by atoms with van der Waals surface area (Å²) in [5, 5.41) is 0. The minimum Gasteiger partial charge on any atom is -0.463 e. The molecule has 0 fully saturated rings. The Bertz CT molecular complexity index is 1510. The van der Waals surface area contributed by atoms with Gasteiger partial charge in [0.05, 0.1) is 28.5 Å². The van der Waals surface area contributed by atoms with Gasteiger partial charge in [-0.05, 0) is 54.7 Å². The van der Waals surface area contributed by atoms with E-state index in [1.54, 1.807) is 24.5 Å². The predicted octanol–water partition coefficient (Wildman–Crippen LogP) is 3.65. The molecule has 3 aromatic rings. The van der Waals surface area contributed by atoms with Crippen LogP contribution >= 0.6 is 11.3 Å². The Morgan fingerprint density at radius 3 is 2.66 bits per heavy atom. The summed E-state index contributed by atoms with van der Waals surface area (Å²) < 4.78 is 18.5. The zero-order valence-corrected chi connectivity index (χ0v) is 20.8. The van der Waals surface area contributed by atoms with Gasteiger partial charge < -0.3 is 14.2 Å². The van der Waals surface area contributed by atoms with Gasteiger partial charge in [-0.15, -0.1) is 0 Å². The van der Waals surface area contributed by atoms with Crippen molar-refractivity contribution in [2.45, 2.75) is 39.7 Å². The lowest BCUT2D eigenvalue weighted by Crippen LogP contribution is -2.39. The van der Waals surface area contributed by atoms with Crippen molar-refractivity contribution in [1.29, 1.82) is 0 Å². The molecule has 0 radical (unpaired) electrons. The molecule has 0 spiro atoms. The van der Waals surface area contributed by atoms with Crippen molar-refractivity contribution in [3.05, 3.63) is 90.1 Å². The Labute approximate surface area is 206 Å². The summed E-state index contributed by atoms with van der Waals surface area (Å²) in [5.41, 5.74) is 3.55. The third-order valence-corrected chi connectivity index (χ3v) is 7.11. The van der Waals surface area contributed by atoms with E-state index in [-0.39, 0.29) is 19.0 Å². The number of allylic oxidation sites excluding steroid dienone is 1. The van der Waals surface area contributed by atoms with Gasteiger partial charge in [0.1, 0.15) is 0 Å². The first-order chi connectivity index (χ1) is 16.9. The first kappa shape index (κ1) is 23.1. The molecule has 1 atom stereocenters. The van der Waals surface area contributed by atoms with Crippen molar-refractivity contribution in [3.8, 4) is 11.5 Å². The van der Waals surface area contributed by atoms with Crippen LogP contribution in [0, 0.1) is 0 Å². The molecule has 5 rings (SSSR count). The van der Waals surface area contributed by atoms with Crippen molar-refractivity contribution < 1.29 is 19.0 Å². The van der Waals surface area contributed by atoms with E-state index in [0.717, 1.165) is 11.1 Å². The molecular formula is C27H26N2O5S. The standard InChI is InChI=1S/C27H26N2O5S/c1-5-32-26(31)23-16(4)28-27-29(24(23)19-10-11-20-21(13-19)34-14-33-20)25(30)22(35-27)12-17-6-8-18(9-7-17)15(2)3/h6-13,15,24H,5,14H2,1-4H3/b22-12-. The quantitative estimate of drug-likeness (QED) is 0.510. The smallest absolute Gasteiger partial charge is 0.338 e. The lowest BCUT2D eigenvalue weighted by molar-refractivity contribution is -0.139. The number of thiazole rings is 1. The molecule has 0 bridgehead atoms. The van der Waals surface area contributed by atoms with Crippen LogP contribution in [0.1, 0.15) is 56.3 Å². The first-order valence-electron chi connectivity index (χ1n) is 11.6. The Kier molecular flexibility index (Phi) is 6.06. The van der Waals surface area contributed by atoms with E-state index in [9.17, 15) is 9.59 Å². The number of esters is 1. The lowest BCUT2D eigenvalue weighted by Gasteiger charge is -2.24. The molecule has 2 aliphatic heterocycles. The van der Waals surface area contributed by atoms with E-state index >= 15 is 0 Å². The van der Waals surface area contributed by atoms with Crippen molar-refractivity contribution in [3.63, 3.8) is 0 Å². The molecule has 35 heavy (non-hydrogen) atoms. The summed E-state index contributed by atoms with van der Waals surface area (Å²) in [6.45, 7) is 8.17. The average molecular weight is 491 g/mol. The van der Waals surface area contributed by atoms with Crippen LogP contribution in [-0.2, 0) is 9.53 Å². The largest absolute Gasteiger partial charge is 0.463 e. The minimum absolute atomic E-state index is 0.136. The number of carbonyl (C=O) groups is 1. The molecule has 0 amide bonds. The topological polar surface area (TPSA) is 79.1 Å². The first-order valence-corrected chi connectivity index (χ1v) is 12.4. The van der Waals surface area contributed by atoms with E-state index in [4.69, 9.17) is 14.2 Å². The number of aromatic nitrogens is 1. The number of hydrogen-bond acceptors (Lipinski definition) is 7. The highest BCUT2D eigenvalue weighted by molar-refractivity contribution is 7.07. The number of fused-ring (bicyclic) bond motifs is 2. The molecule has 3 heterocycles. The fourth-order valence-corrected chi connectivity index (χ4v) is 5.37. The van der Waals surface area contributed by atoms with Gasteiger partial charge in [-0.2, -0.15) is 0 Å². The summed E-state index contributed by atoms with van der Waals surface area (Å²) in [6.07, 6.45) is 1.87. The van der Waals surface area contributed by atoms with Gasteiger partial charge in [0.15, 0.2) is 16.3 Å². The molecule has 0 N–H and O–H groups in total. The second-order valence-electron chi connectivity index (χ2n) is 8.74. The maximum atomic E-state index is 13.7. The molecule has 0 saturated carbocycles. The number of benzene rings is 2. The summed E-state index contributed by atoms with van der Waals surface area (Å²) in [7, 11) is 0. The van der Waals surface area contributed by atoms with Gasteiger partial charge >= 0.3 is 5.97 Å². The maximum Gasteiger partial charge on any atom is 0.338 e. The molecule has 0 saturated heterocycles. The summed E-state index contributed by atoms with van der Waals surface area (Å²) >= 11 is 1.31. The highest BCUT2D eigenvalue weighted by Gasteiger charge is 2.34. The van der Waals surface area contributed by atoms with Crippen LogP contribution in [-0.4, -0.2) is 23.9 Å². The number of rotatable bonds is 5. The monoisotopic (exact) mass is 490 g/mol. The molecule has 8 heteroatoms. The normalized spacial score (nSPS) is 16.9. The van der Waals surface area contributed by atoms with E-state index < -0.39 is 12.0 Å². The van der Waals surface area contributed by atoms with Crippen molar-refractivity contribution in [1.82, 2.24) is 4.57 Å². The van der Waals surface area contributed by atoms with Gasteiger partial charge in [-0.1, -0.05) is 55.5 Å². The minimum atomic E-state index is -0.690. The Morgan fingerprint density at radius 2 is 1.94 bits per heavy atom. The van der Waals surface area contributed by atoms with Gasteiger partial charge in [0.2, 0.25) is 6.79 Å². The highest BCUT2D eigenvalue weighted by Crippen LogP contribution is 2.38. The van der Waals surface area contributed by atoms with Gasteiger partial charge in [0.25, 0.3) is 5.56 Å².